The van der Waals surface area contributed by atoms with E-state index in [2.05, 4.69) is 27.1 Å². The smallest absolute Gasteiger partial charge is 0.265 e. The lowest BCUT2D eigenvalue weighted by molar-refractivity contribution is 0.0545. The standard InChI is InChI=1S/C23H32FN5OS/c1-15-6-5-11-29(14-15)18-8-12-28(13-9-18)22(30)21-17(3)27-23(31-21)26-16(2)20-19(24)7-4-10-25-20/h4,7,10,15-16,18H,5-6,8-9,11-14H2,1-3H3,(H,26,27)/t15-,16?/m1/s1. The van der Waals surface area contributed by atoms with Crippen molar-refractivity contribution >= 4 is 22.4 Å². The Balaban J connectivity index is 1.36. The number of aryl methyl sites for hydroxylation is 1. The first-order valence-electron chi connectivity index (χ1n) is 11.3. The van der Waals surface area contributed by atoms with Crippen LogP contribution in [0.3, 0.4) is 0 Å². The van der Waals surface area contributed by atoms with Crippen molar-refractivity contribution in [3.8, 4) is 0 Å². The molecule has 8 heteroatoms. The van der Waals surface area contributed by atoms with E-state index in [1.807, 2.05) is 18.7 Å². The van der Waals surface area contributed by atoms with Gasteiger partial charge in [-0.05, 0) is 64.1 Å². The van der Waals surface area contributed by atoms with Gasteiger partial charge >= 0.3 is 0 Å². The number of carbonyl (C=O) groups excluding carboxylic acids is 1. The highest BCUT2D eigenvalue weighted by Crippen LogP contribution is 2.29. The summed E-state index contributed by atoms with van der Waals surface area (Å²) in [7, 11) is 0. The number of pyridine rings is 1. The van der Waals surface area contributed by atoms with Gasteiger partial charge in [-0.2, -0.15) is 0 Å². The molecule has 4 heterocycles. The molecule has 2 aromatic rings. The predicted octanol–water partition coefficient (Wildman–Crippen LogP) is 4.50. The van der Waals surface area contributed by atoms with Crippen molar-refractivity contribution in [1.29, 1.82) is 0 Å². The molecule has 0 aliphatic carbocycles. The summed E-state index contributed by atoms with van der Waals surface area (Å²) in [4.78, 5) is 27.1. The molecule has 1 amide bonds. The van der Waals surface area contributed by atoms with Gasteiger partial charge in [-0.15, -0.1) is 0 Å². The number of rotatable bonds is 5. The fraction of sp³-hybridized carbons (Fsp3) is 0.609. The van der Waals surface area contributed by atoms with E-state index in [1.165, 1.54) is 43.3 Å². The zero-order chi connectivity index (χ0) is 22.0. The van der Waals surface area contributed by atoms with Crippen LogP contribution in [0, 0.1) is 18.7 Å². The lowest BCUT2D eigenvalue weighted by atomic mass is 9.95. The second kappa shape index (κ2) is 9.61. The molecule has 0 spiro atoms. The highest BCUT2D eigenvalue weighted by molar-refractivity contribution is 7.17. The molecule has 2 atom stereocenters. The SMILES string of the molecule is Cc1nc(NC(C)c2ncccc2F)sc1C(=O)N1CCC(N2CCC[C@@H](C)C2)CC1. The normalized spacial score (nSPS) is 21.8. The number of hydrogen-bond acceptors (Lipinski definition) is 6. The number of thiazole rings is 1. The van der Waals surface area contributed by atoms with E-state index in [9.17, 15) is 9.18 Å². The fourth-order valence-corrected chi connectivity index (χ4v) is 5.78. The van der Waals surface area contributed by atoms with Crippen LogP contribution in [-0.2, 0) is 0 Å². The number of piperidine rings is 2. The summed E-state index contributed by atoms with van der Waals surface area (Å²) >= 11 is 1.35. The van der Waals surface area contributed by atoms with Gasteiger partial charge in [0.25, 0.3) is 5.91 Å². The number of anilines is 1. The largest absolute Gasteiger partial charge is 0.353 e. The molecule has 4 rings (SSSR count). The first-order chi connectivity index (χ1) is 14.9. The van der Waals surface area contributed by atoms with E-state index >= 15 is 0 Å². The Hall–Kier alpha value is -2.06. The molecule has 0 aromatic carbocycles. The van der Waals surface area contributed by atoms with Gasteiger partial charge in [0.2, 0.25) is 0 Å². The minimum Gasteiger partial charge on any atom is -0.353 e. The van der Waals surface area contributed by atoms with E-state index in [0.717, 1.165) is 37.5 Å². The van der Waals surface area contributed by atoms with Crippen LogP contribution >= 0.6 is 11.3 Å². The Kier molecular flexibility index (Phi) is 6.86. The average Bonchev–Trinajstić information content (AvgIpc) is 3.13. The van der Waals surface area contributed by atoms with Crippen molar-refractivity contribution in [2.24, 2.45) is 5.92 Å². The van der Waals surface area contributed by atoms with Gasteiger partial charge in [0.05, 0.1) is 17.4 Å². The fourth-order valence-electron chi connectivity index (χ4n) is 4.76. The second-order valence-corrected chi connectivity index (χ2v) is 9.93. The monoisotopic (exact) mass is 445 g/mol. The van der Waals surface area contributed by atoms with Gasteiger partial charge in [0.1, 0.15) is 10.7 Å². The van der Waals surface area contributed by atoms with Crippen molar-refractivity contribution in [1.82, 2.24) is 19.8 Å². The zero-order valence-corrected chi connectivity index (χ0v) is 19.4. The Morgan fingerprint density at radius 1 is 1.29 bits per heavy atom. The molecule has 1 unspecified atom stereocenters. The molecule has 6 nitrogen and oxygen atoms in total. The maximum Gasteiger partial charge on any atom is 0.265 e. The van der Waals surface area contributed by atoms with Crippen LogP contribution in [0.2, 0.25) is 0 Å². The van der Waals surface area contributed by atoms with E-state index in [-0.39, 0.29) is 17.8 Å². The Bertz CT molecular complexity index is 911. The van der Waals surface area contributed by atoms with Crippen LogP contribution in [0.25, 0.3) is 0 Å². The first-order valence-corrected chi connectivity index (χ1v) is 12.1. The maximum absolute atomic E-state index is 14.0. The third-order valence-electron chi connectivity index (χ3n) is 6.48. The molecule has 1 N–H and O–H groups in total. The number of carbonyl (C=O) groups is 1. The van der Waals surface area contributed by atoms with Crippen molar-refractivity contribution in [2.75, 3.05) is 31.5 Å². The molecule has 0 bridgehead atoms. The van der Waals surface area contributed by atoms with Gasteiger partial charge < -0.3 is 10.2 Å². The summed E-state index contributed by atoms with van der Waals surface area (Å²) < 4.78 is 14.0. The average molecular weight is 446 g/mol. The number of aromatic nitrogens is 2. The Morgan fingerprint density at radius 2 is 2.06 bits per heavy atom. The number of amides is 1. The maximum atomic E-state index is 14.0. The minimum atomic E-state index is -0.349. The molecule has 2 aromatic heterocycles. The highest BCUT2D eigenvalue weighted by Gasteiger charge is 2.31. The summed E-state index contributed by atoms with van der Waals surface area (Å²) in [6.07, 6.45) is 6.28. The third-order valence-corrected chi connectivity index (χ3v) is 7.56. The zero-order valence-electron chi connectivity index (χ0n) is 18.6. The van der Waals surface area contributed by atoms with Crippen LogP contribution in [0.4, 0.5) is 9.52 Å². The number of nitrogens with zero attached hydrogens (tertiary/aromatic N) is 4. The summed E-state index contributed by atoms with van der Waals surface area (Å²) in [6.45, 7) is 10.0. The van der Waals surface area contributed by atoms with Gasteiger partial charge in [-0.3, -0.25) is 14.7 Å². The number of nitrogens with one attached hydrogen (secondary N) is 1. The summed E-state index contributed by atoms with van der Waals surface area (Å²) in [5, 5.41) is 3.82. The molecule has 2 aliphatic rings. The summed E-state index contributed by atoms with van der Waals surface area (Å²) in [6, 6.07) is 3.24. The van der Waals surface area contributed by atoms with Crippen LogP contribution in [0.5, 0.6) is 0 Å². The molecule has 2 fully saturated rings. The number of halogens is 1. The van der Waals surface area contributed by atoms with Gasteiger partial charge in [-0.1, -0.05) is 18.3 Å². The van der Waals surface area contributed by atoms with Gasteiger partial charge in [0.15, 0.2) is 5.13 Å². The quantitative estimate of drug-likeness (QED) is 0.735. The van der Waals surface area contributed by atoms with Gasteiger partial charge in [0, 0.05) is 31.9 Å². The second-order valence-electron chi connectivity index (χ2n) is 8.94. The molecule has 2 aliphatic heterocycles. The third kappa shape index (κ3) is 5.06. The van der Waals surface area contributed by atoms with Crippen LogP contribution in [0.1, 0.15) is 66.6 Å². The van der Waals surface area contributed by atoms with Crippen molar-refractivity contribution in [3.05, 3.63) is 40.4 Å². The first kappa shape index (κ1) is 22.1. The number of hydrogen-bond donors (Lipinski definition) is 1. The van der Waals surface area contributed by atoms with Crippen molar-refractivity contribution in [3.63, 3.8) is 0 Å². The van der Waals surface area contributed by atoms with Crippen molar-refractivity contribution < 1.29 is 9.18 Å². The Labute approximate surface area is 187 Å². The molecule has 0 radical (unpaired) electrons. The van der Waals surface area contributed by atoms with E-state index in [0.29, 0.717) is 21.7 Å². The van der Waals surface area contributed by atoms with Crippen LogP contribution in [0.15, 0.2) is 18.3 Å². The van der Waals surface area contributed by atoms with E-state index in [4.69, 9.17) is 0 Å². The van der Waals surface area contributed by atoms with Crippen molar-refractivity contribution in [2.45, 2.75) is 58.5 Å². The molecular formula is C23H32FN5OS. The topological polar surface area (TPSA) is 61.4 Å². The van der Waals surface area contributed by atoms with Crippen LogP contribution < -0.4 is 5.32 Å². The summed E-state index contributed by atoms with van der Waals surface area (Å²) in [5.41, 5.74) is 1.07. The Morgan fingerprint density at radius 3 is 2.77 bits per heavy atom. The lowest BCUT2D eigenvalue weighted by Gasteiger charge is -2.41. The molecule has 168 valence electrons. The molecular weight excluding hydrogens is 413 g/mol. The summed E-state index contributed by atoms with van der Waals surface area (Å²) in [5.74, 6) is 0.490. The van der Waals surface area contributed by atoms with E-state index in [1.54, 1.807) is 12.3 Å². The molecule has 2 saturated heterocycles. The number of likely N-dealkylation sites (tertiary alicyclic amines) is 2. The highest BCUT2D eigenvalue weighted by atomic mass is 32.1. The molecule has 31 heavy (non-hydrogen) atoms. The van der Waals surface area contributed by atoms with Gasteiger partial charge in [-0.25, -0.2) is 9.37 Å². The predicted molar refractivity (Wildman–Crippen MR) is 122 cm³/mol. The lowest BCUT2D eigenvalue weighted by Crippen LogP contribution is -2.49. The van der Waals surface area contributed by atoms with Crippen LogP contribution in [-0.4, -0.2) is 57.9 Å². The van der Waals surface area contributed by atoms with E-state index < -0.39 is 0 Å². The minimum absolute atomic E-state index is 0.0604. The molecule has 0 saturated carbocycles.